The van der Waals surface area contributed by atoms with Crippen molar-refractivity contribution in [3.8, 4) is 0 Å². The molecule has 164 valence electrons. The maximum atomic E-state index is 12.3. The zero-order valence-electron chi connectivity index (χ0n) is 17.3. The number of fused-ring (bicyclic) bond motifs is 2. The third-order valence-corrected chi connectivity index (χ3v) is 6.21. The molecule has 1 fully saturated rings. The lowest BCUT2D eigenvalue weighted by atomic mass is 9.94. The minimum atomic E-state index is -0.969. The molecule has 2 aromatic carbocycles. The Hall–Kier alpha value is -3.65. The Labute approximate surface area is 183 Å². The van der Waals surface area contributed by atoms with E-state index in [1.807, 2.05) is 53.4 Å². The number of aromatic nitrogens is 2. The molecular weight excluding hydrogens is 410 g/mol. The molecule has 1 aliphatic rings. The minimum absolute atomic E-state index is 0.140. The van der Waals surface area contributed by atoms with Crippen LogP contribution in [0.5, 0.6) is 0 Å². The molecule has 3 heterocycles. The van der Waals surface area contributed by atoms with Crippen molar-refractivity contribution in [1.82, 2.24) is 14.5 Å². The number of aliphatic carboxylic acids is 2. The first-order chi connectivity index (χ1) is 15.5. The van der Waals surface area contributed by atoms with Gasteiger partial charge < -0.3 is 19.2 Å². The van der Waals surface area contributed by atoms with Gasteiger partial charge in [-0.15, -0.1) is 0 Å². The quantitative estimate of drug-likeness (QED) is 0.475. The Morgan fingerprint density at radius 3 is 2.50 bits per heavy atom. The lowest BCUT2D eigenvalue weighted by Gasteiger charge is -2.34. The fraction of sp³-hybridized carbons (Fsp3) is 0.292. The molecule has 0 aliphatic carbocycles. The van der Waals surface area contributed by atoms with Crippen LogP contribution < -0.4 is 0 Å². The molecule has 0 spiro atoms. The number of para-hydroxylation sites is 3. The molecular formula is C24H23N3O5. The summed E-state index contributed by atoms with van der Waals surface area (Å²) in [5, 5.41) is 20.1. The van der Waals surface area contributed by atoms with Crippen molar-refractivity contribution in [2.45, 2.75) is 31.3 Å². The highest BCUT2D eigenvalue weighted by atomic mass is 16.4. The van der Waals surface area contributed by atoms with Crippen molar-refractivity contribution >= 4 is 33.9 Å². The van der Waals surface area contributed by atoms with Crippen LogP contribution in [-0.2, 0) is 16.1 Å². The van der Waals surface area contributed by atoms with Gasteiger partial charge in [0.05, 0.1) is 0 Å². The average molecular weight is 433 g/mol. The second-order valence-corrected chi connectivity index (χ2v) is 8.19. The summed E-state index contributed by atoms with van der Waals surface area (Å²) in [4.78, 5) is 30.2. The van der Waals surface area contributed by atoms with Crippen molar-refractivity contribution in [2.24, 2.45) is 0 Å². The number of carboxylic acids is 2. The fourth-order valence-electron chi connectivity index (χ4n) is 4.72. The number of hydrogen-bond donors (Lipinski definition) is 2. The van der Waals surface area contributed by atoms with Crippen LogP contribution in [-0.4, -0.2) is 49.7 Å². The summed E-state index contributed by atoms with van der Waals surface area (Å²) in [6.07, 6.45) is 3.15. The normalized spacial score (nSPS) is 16.5. The van der Waals surface area contributed by atoms with Crippen LogP contribution in [0.3, 0.4) is 0 Å². The fourth-order valence-corrected chi connectivity index (χ4v) is 4.72. The summed E-state index contributed by atoms with van der Waals surface area (Å²) in [6.45, 7) is 0.949. The maximum Gasteiger partial charge on any atom is 0.325 e. The summed E-state index contributed by atoms with van der Waals surface area (Å²) in [5.41, 5.74) is 2.94. The highest BCUT2D eigenvalue weighted by Gasteiger charge is 2.34. The molecule has 0 unspecified atom stereocenters. The largest absolute Gasteiger partial charge is 0.480 e. The summed E-state index contributed by atoms with van der Waals surface area (Å²) in [5.74, 6) is -1.07. The van der Waals surface area contributed by atoms with Crippen LogP contribution in [0.2, 0.25) is 0 Å². The van der Waals surface area contributed by atoms with Crippen LogP contribution in [0.25, 0.3) is 22.0 Å². The number of benzene rings is 2. The average Bonchev–Trinajstić information content (AvgIpc) is 3.36. The third-order valence-electron chi connectivity index (χ3n) is 6.21. The number of rotatable bonds is 6. The maximum absolute atomic E-state index is 12.3. The Balaban J connectivity index is 1.41. The number of carboxylic acid groups (broad SMARTS) is 2. The van der Waals surface area contributed by atoms with Crippen LogP contribution in [0, 0.1) is 0 Å². The van der Waals surface area contributed by atoms with Crippen molar-refractivity contribution < 1.29 is 24.2 Å². The molecule has 1 atom stereocenters. The molecule has 0 amide bonds. The number of carbonyl (C=O) groups is 2. The highest BCUT2D eigenvalue weighted by Crippen LogP contribution is 2.36. The van der Waals surface area contributed by atoms with E-state index in [0.29, 0.717) is 24.5 Å². The Kier molecular flexibility index (Phi) is 5.14. The molecule has 32 heavy (non-hydrogen) atoms. The Morgan fingerprint density at radius 2 is 1.78 bits per heavy atom. The van der Waals surface area contributed by atoms with Gasteiger partial charge in [-0.05, 0) is 31.0 Å². The first kappa shape index (κ1) is 20.3. The summed E-state index contributed by atoms with van der Waals surface area (Å²) in [6, 6.07) is 14.2. The standard InChI is InChI=1S/C24H23N3O5/c28-21(29)14-27-13-17(16-5-1-3-7-19(16)27)22(24(30)31)26-11-9-15(10-12-26)23-25-18-6-2-4-8-20(18)32-23/h1-8,13,15,22H,9-12,14H2,(H,28,29)(H,30,31)/t22-/m1/s1. The van der Waals surface area contributed by atoms with Gasteiger partial charge in [0.2, 0.25) is 0 Å². The van der Waals surface area contributed by atoms with E-state index in [1.54, 1.807) is 10.8 Å². The summed E-state index contributed by atoms with van der Waals surface area (Å²) >= 11 is 0. The van der Waals surface area contributed by atoms with Crippen LogP contribution in [0.15, 0.2) is 59.1 Å². The molecule has 0 radical (unpaired) electrons. The molecule has 4 aromatic rings. The summed E-state index contributed by atoms with van der Waals surface area (Å²) in [7, 11) is 0. The molecule has 0 bridgehead atoms. The molecule has 8 nitrogen and oxygen atoms in total. The highest BCUT2D eigenvalue weighted by molar-refractivity contribution is 5.90. The Morgan fingerprint density at radius 1 is 1.06 bits per heavy atom. The molecule has 1 saturated heterocycles. The Bertz CT molecular complexity index is 1270. The van der Waals surface area contributed by atoms with E-state index >= 15 is 0 Å². The van der Waals surface area contributed by atoms with E-state index in [2.05, 4.69) is 4.98 Å². The molecule has 1 aliphatic heterocycles. The smallest absolute Gasteiger partial charge is 0.325 e. The molecule has 0 saturated carbocycles. The summed E-state index contributed by atoms with van der Waals surface area (Å²) < 4.78 is 7.53. The second-order valence-electron chi connectivity index (χ2n) is 8.19. The minimum Gasteiger partial charge on any atom is -0.480 e. The lowest BCUT2D eigenvalue weighted by molar-refractivity contribution is -0.144. The van der Waals surface area contributed by atoms with Gasteiger partial charge in [0.1, 0.15) is 18.1 Å². The van der Waals surface area contributed by atoms with E-state index in [1.165, 1.54) is 0 Å². The van der Waals surface area contributed by atoms with Gasteiger partial charge >= 0.3 is 11.9 Å². The van der Waals surface area contributed by atoms with E-state index in [9.17, 15) is 19.8 Å². The van der Waals surface area contributed by atoms with Gasteiger partial charge in [0, 0.05) is 41.7 Å². The number of likely N-dealkylation sites (tertiary alicyclic amines) is 1. The van der Waals surface area contributed by atoms with Crippen LogP contribution in [0.1, 0.15) is 36.3 Å². The zero-order valence-corrected chi connectivity index (χ0v) is 17.3. The SMILES string of the molecule is O=C(O)Cn1cc([C@H](C(=O)O)N2CCC(c3nc4ccccc4o3)CC2)c2ccccc21. The van der Waals surface area contributed by atoms with Crippen molar-refractivity contribution in [2.75, 3.05) is 13.1 Å². The van der Waals surface area contributed by atoms with Gasteiger partial charge in [-0.25, -0.2) is 4.98 Å². The molecule has 8 heteroatoms. The van der Waals surface area contributed by atoms with Gasteiger partial charge in [0.15, 0.2) is 11.5 Å². The number of piperidine rings is 1. The first-order valence-corrected chi connectivity index (χ1v) is 10.6. The van der Waals surface area contributed by atoms with E-state index < -0.39 is 18.0 Å². The molecule has 2 N–H and O–H groups in total. The van der Waals surface area contributed by atoms with Crippen LogP contribution in [0.4, 0.5) is 0 Å². The van der Waals surface area contributed by atoms with E-state index in [-0.39, 0.29) is 12.5 Å². The lowest BCUT2D eigenvalue weighted by Crippen LogP contribution is -2.39. The molecule has 2 aromatic heterocycles. The van der Waals surface area contributed by atoms with Gasteiger partial charge in [-0.1, -0.05) is 30.3 Å². The van der Waals surface area contributed by atoms with Crippen molar-refractivity contribution in [3.05, 3.63) is 66.2 Å². The second kappa shape index (κ2) is 8.12. The van der Waals surface area contributed by atoms with E-state index in [0.717, 1.165) is 34.8 Å². The van der Waals surface area contributed by atoms with Crippen LogP contribution >= 0.6 is 0 Å². The predicted molar refractivity (Wildman–Crippen MR) is 118 cm³/mol. The van der Waals surface area contributed by atoms with Crippen molar-refractivity contribution in [1.29, 1.82) is 0 Å². The van der Waals surface area contributed by atoms with E-state index in [4.69, 9.17) is 4.42 Å². The predicted octanol–water partition coefficient (Wildman–Crippen LogP) is 3.87. The van der Waals surface area contributed by atoms with Gasteiger partial charge in [-0.3, -0.25) is 14.5 Å². The van der Waals surface area contributed by atoms with Crippen molar-refractivity contribution in [3.63, 3.8) is 0 Å². The zero-order chi connectivity index (χ0) is 22.2. The van der Waals surface area contributed by atoms with Gasteiger partial charge in [0.25, 0.3) is 0 Å². The number of hydrogen-bond acceptors (Lipinski definition) is 5. The monoisotopic (exact) mass is 433 g/mol. The van der Waals surface area contributed by atoms with Gasteiger partial charge in [-0.2, -0.15) is 0 Å². The topological polar surface area (TPSA) is 109 Å². The number of oxazole rings is 1. The molecule has 5 rings (SSSR count). The third kappa shape index (κ3) is 3.62. The number of nitrogens with zero attached hydrogens (tertiary/aromatic N) is 3. The first-order valence-electron chi connectivity index (χ1n) is 10.6.